The first-order valence-corrected chi connectivity index (χ1v) is 8.83. The van der Waals surface area contributed by atoms with Gasteiger partial charge in [-0.3, -0.25) is 14.3 Å². The fourth-order valence-electron chi connectivity index (χ4n) is 2.46. The molecule has 0 aliphatic heterocycles. The number of rotatable bonds is 9. The average molecular weight is 387 g/mol. The Hall–Kier alpha value is -3.36. The van der Waals surface area contributed by atoms with Gasteiger partial charge in [0.05, 0.1) is 19.0 Å². The van der Waals surface area contributed by atoms with E-state index >= 15 is 0 Å². The second-order valence-electron chi connectivity index (χ2n) is 6.03. The van der Waals surface area contributed by atoms with Gasteiger partial charge in [-0.25, -0.2) is 5.43 Å². The van der Waals surface area contributed by atoms with Crippen LogP contribution in [0, 0.1) is 13.8 Å². The third-order valence-electron chi connectivity index (χ3n) is 3.72. The van der Waals surface area contributed by atoms with Crippen LogP contribution in [0.3, 0.4) is 0 Å². The first kappa shape index (κ1) is 20.9. The van der Waals surface area contributed by atoms with Crippen molar-refractivity contribution in [3.8, 4) is 11.5 Å². The lowest BCUT2D eigenvalue weighted by molar-refractivity contribution is -0.123. The van der Waals surface area contributed by atoms with Gasteiger partial charge in [-0.2, -0.15) is 10.2 Å². The van der Waals surface area contributed by atoms with Crippen LogP contribution in [0.5, 0.6) is 11.5 Å². The third kappa shape index (κ3) is 6.11. The molecule has 9 heteroatoms. The fourth-order valence-corrected chi connectivity index (χ4v) is 2.46. The molecule has 1 aromatic heterocycles. The Kier molecular flexibility index (Phi) is 7.55. The highest BCUT2D eigenvalue weighted by Crippen LogP contribution is 2.27. The Balaban J connectivity index is 1.93. The zero-order chi connectivity index (χ0) is 20.5. The van der Waals surface area contributed by atoms with Crippen molar-refractivity contribution in [3.05, 3.63) is 41.2 Å². The number of carbonyl (C=O) groups is 2. The van der Waals surface area contributed by atoms with Crippen LogP contribution >= 0.6 is 0 Å². The summed E-state index contributed by atoms with van der Waals surface area (Å²) in [6.07, 6.45) is 1.50. The van der Waals surface area contributed by atoms with Crippen LogP contribution in [-0.2, 0) is 16.1 Å². The standard InChI is InChI=1S/C19H25N5O4/c1-5-20-19(26)12-28-16-7-6-15(9-17(16)27-4)10-21-22-18(25)11-24-14(3)8-13(2)23-24/h6-10H,5,11-12H2,1-4H3,(H,20,26)(H,22,25)/b21-10-. The van der Waals surface area contributed by atoms with Gasteiger partial charge in [0.2, 0.25) is 0 Å². The summed E-state index contributed by atoms with van der Waals surface area (Å²) in [4.78, 5) is 23.5. The Morgan fingerprint density at radius 1 is 1.21 bits per heavy atom. The number of nitrogens with zero attached hydrogens (tertiary/aromatic N) is 3. The topological polar surface area (TPSA) is 107 Å². The van der Waals surface area contributed by atoms with Crippen molar-refractivity contribution in [2.45, 2.75) is 27.3 Å². The minimum Gasteiger partial charge on any atom is -0.493 e. The van der Waals surface area contributed by atoms with E-state index in [-0.39, 0.29) is 25.0 Å². The molecule has 9 nitrogen and oxygen atoms in total. The van der Waals surface area contributed by atoms with Gasteiger partial charge in [0, 0.05) is 12.2 Å². The maximum absolute atomic E-state index is 12.0. The Labute approximate surface area is 163 Å². The van der Waals surface area contributed by atoms with Crippen LogP contribution in [0.15, 0.2) is 29.4 Å². The van der Waals surface area contributed by atoms with E-state index in [0.717, 1.165) is 11.4 Å². The molecule has 0 saturated heterocycles. The molecule has 0 aliphatic carbocycles. The molecule has 0 fully saturated rings. The van der Waals surface area contributed by atoms with Crippen LogP contribution in [0.1, 0.15) is 23.9 Å². The van der Waals surface area contributed by atoms with Crippen molar-refractivity contribution in [2.75, 3.05) is 20.3 Å². The highest BCUT2D eigenvalue weighted by atomic mass is 16.5. The molecule has 2 amide bonds. The summed E-state index contributed by atoms with van der Waals surface area (Å²) < 4.78 is 12.4. The molecule has 1 heterocycles. The number of nitrogens with one attached hydrogen (secondary N) is 2. The van der Waals surface area contributed by atoms with Gasteiger partial charge >= 0.3 is 0 Å². The molecule has 150 valence electrons. The lowest BCUT2D eigenvalue weighted by Gasteiger charge is -2.11. The maximum Gasteiger partial charge on any atom is 0.261 e. The fraction of sp³-hybridized carbons (Fsp3) is 0.368. The number of aromatic nitrogens is 2. The summed E-state index contributed by atoms with van der Waals surface area (Å²) in [5.74, 6) is 0.415. The Morgan fingerprint density at radius 3 is 2.64 bits per heavy atom. The van der Waals surface area contributed by atoms with Crippen LogP contribution < -0.4 is 20.2 Å². The molecule has 0 bridgehead atoms. The molecule has 28 heavy (non-hydrogen) atoms. The number of aryl methyl sites for hydroxylation is 2. The number of hydrogen-bond donors (Lipinski definition) is 2. The van der Waals surface area contributed by atoms with Crippen molar-refractivity contribution in [1.82, 2.24) is 20.5 Å². The summed E-state index contributed by atoms with van der Waals surface area (Å²) in [5, 5.41) is 10.8. The molecular weight excluding hydrogens is 362 g/mol. The smallest absolute Gasteiger partial charge is 0.261 e. The predicted molar refractivity (Wildman–Crippen MR) is 105 cm³/mol. The number of amides is 2. The van der Waals surface area contributed by atoms with E-state index in [1.54, 1.807) is 22.9 Å². The largest absolute Gasteiger partial charge is 0.493 e. The molecule has 0 aliphatic rings. The predicted octanol–water partition coefficient (Wildman–Crippen LogP) is 1.17. The van der Waals surface area contributed by atoms with Gasteiger partial charge in [-0.15, -0.1) is 0 Å². The number of ether oxygens (including phenoxy) is 2. The Bertz CT molecular complexity index is 860. The van der Waals surface area contributed by atoms with E-state index in [1.165, 1.54) is 13.3 Å². The average Bonchev–Trinajstić information content (AvgIpc) is 2.97. The van der Waals surface area contributed by atoms with Gasteiger partial charge in [0.15, 0.2) is 18.1 Å². The summed E-state index contributed by atoms with van der Waals surface area (Å²) >= 11 is 0. The van der Waals surface area contributed by atoms with Crippen LogP contribution in [0.4, 0.5) is 0 Å². The van der Waals surface area contributed by atoms with Gasteiger partial charge in [-0.1, -0.05) is 0 Å². The minimum absolute atomic E-state index is 0.0902. The first-order chi connectivity index (χ1) is 13.4. The summed E-state index contributed by atoms with van der Waals surface area (Å²) in [6, 6.07) is 7.02. The highest BCUT2D eigenvalue weighted by molar-refractivity contribution is 5.83. The van der Waals surface area contributed by atoms with Crippen molar-refractivity contribution >= 4 is 18.0 Å². The van der Waals surface area contributed by atoms with Crippen LogP contribution in [-0.4, -0.2) is 48.1 Å². The molecule has 1 aromatic carbocycles. The molecule has 2 aromatic rings. The molecule has 0 saturated carbocycles. The van der Waals surface area contributed by atoms with Gasteiger partial charge in [-0.05, 0) is 50.6 Å². The maximum atomic E-state index is 12.0. The first-order valence-electron chi connectivity index (χ1n) is 8.83. The number of benzene rings is 1. The summed E-state index contributed by atoms with van der Waals surface area (Å²) in [5.41, 5.74) is 4.93. The van der Waals surface area contributed by atoms with Crippen molar-refractivity contribution < 1.29 is 19.1 Å². The second kappa shape index (κ2) is 10.1. The summed E-state index contributed by atoms with van der Waals surface area (Å²) in [7, 11) is 1.51. The van der Waals surface area contributed by atoms with E-state index in [2.05, 4.69) is 20.9 Å². The molecule has 0 atom stereocenters. The van der Waals surface area contributed by atoms with Crippen molar-refractivity contribution in [1.29, 1.82) is 0 Å². The van der Waals surface area contributed by atoms with Crippen molar-refractivity contribution in [3.63, 3.8) is 0 Å². The number of carbonyl (C=O) groups excluding carboxylic acids is 2. The van der Waals surface area contributed by atoms with E-state index < -0.39 is 0 Å². The normalized spacial score (nSPS) is 10.7. The highest BCUT2D eigenvalue weighted by Gasteiger charge is 2.08. The van der Waals surface area contributed by atoms with E-state index in [0.29, 0.717) is 23.6 Å². The molecule has 0 unspecified atom stereocenters. The van der Waals surface area contributed by atoms with Gasteiger partial charge in [0.25, 0.3) is 11.8 Å². The third-order valence-corrected chi connectivity index (χ3v) is 3.72. The van der Waals surface area contributed by atoms with Crippen LogP contribution in [0.25, 0.3) is 0 Å². The molecule has 0 spiro atoms. The van der Waals surface area contributed by atoms with Crippen LogP contribution in [0.2, 0.25) is 0 Å². The van der Waals surface area contributed by atoms with Crippen molar-refractivity contribution in [2.24, 2.45) is 5.10 Å². The second-order valence-corrected chi connectivity index (χ2v) is 6.03. The summed E-state index contributed by atoms with van der Waals surface area (Å²) in [6.45, 7) is 6.13. The van der Waals surface area contributed by atoms with Gasteiger partial charge in [0.1, 0.15) is 6.54 Å². The molecule has 2 rings (SSSR count). The number of likely N-dealkylation sites (N-methyl/N-ethyl adjacent to an activating group) is 1. The quantitative estimate of drug-likeness (QED) is 0.496. The zero-order valence-electron chi connectivity index (χ0n) is 16.5. The van der Waals surface area contributed by atoms with E-state index in [9.17, 15) is 9.59 Å². The van der Waals surface area contributed by atoms with E-state index in [4.69, 9.17) is 9.47 Å². The molecule has 2 N–H and O–H groups in total. The van der Waals surface area contributed by atoms with Gasteiger partial charge < -0.3 is 14.8 Å². The number of methoxy groups -OCH3 is 1. The SMILES string of the molecule is CCNC(=O)COc1ccc(/C=N\NC(=O)Cn2nc(C)cc2C)cc1OC. The lowest BCUT2D eigenvalue weighted by atomic mass is 10.2. The molecular formula is C19H25N5O4. The lowest BCUT2D eigenvalue weighted by Crippen LogP contribution is -2.28. The monoisotopic (exact) mass is 387 g/mol. The molecule has 0 radical (unpaired) electrons. The van der Waals surface area contributed by atoms with E-state index in [1.807, 2.05) is 26.8 Å². The minimum atomic E-state index is -0.281. The Morgan fingerprint density at radius 2 is 2.00 bits per heavy atom. The zero-order valence-corrected chi connectivity index (χ0v) is 16.5. The number of hydrogen-bond acceptors (Lipinski definition) is 6. The number of hydrazone groups is 1.